The Morgan fingerprint density at radius 1 is 1.12 bits per heavy atom. The van der Waals surface area contributed by atoms with Crippen LogP contribution < -0.4 is 4.90 Å². The van der Waals surface area contributed by atoms with Gasteiger partial charge in [0.05, 0.1) is 11.8 Å². The molecule has 0 N–H and O–H groups in total. The zero-order valence-corrected chi connectivity index (χ0v) is 13.9. The van der Waals surface area contributed by atoms with Crippen molar-refractivity contribution in [1.82, 2.24) is 9.88 Å². The number of carbonyl (C=O) groups excluding carboxylic acids is 1. The van der Waals surface area contributed by atoms with Crippen LogP contribution in [0.5, 0.6) is 0 Å². The van der Waals surface area contributed by atoms with Gasteiger partial charge in [0.25, 0.3) is 5.91 Å². The largest absolute Gasteiger partial charge is 0.427 e. The lowest BCUT2D eigenvalue weighted by Gasteiger charge is -2.22. The fraction of sp³-hybridized carbons (Fsp3) is 0.375. The number of rotatable bonds is 2. The van der Waals surface area contributed by atoms with Gasteiger partial charge >= 0.3 is 6.18 Å². The van der Waals surface area contributed by atoms with Gasteiger partial charge in [-0.2, -0.15) is 13.2 Å². The van der Waals surface area contributed by atoms with E-state index in [1.807, 2.05) is 0 Å². The van der Waals surface area contributed by atoms with Crippen LogP contribution in [0.1, 0.15) is 21.7 Å². The standard InChI is InChI=1S/C16H15F4N3OS/c17-12-5-2-1-4-11(12)14(24)22-6-3-7-23(9-8-22)15-21-10-13(25-15)16(18,19)20/h1-2,4-5,10H,3,6-9H2. The zero-order valence-electron chi connectivity index (χ0n) is 13.1. The number of hydrogen-bond acceptors (Lipinski definition) is 4. The molecule has 1 fully saturated rings. The summed E-state index contributed by atoms with van der Waals surface area (Å²) in [5.74, 6) is -0.988. The van der Waals surface area contributed by atoms with Crippen LogP contribution in [0.3, 0.4) is 0 Å². The summed E-state index contributed by atoms with van der Waals surface area (Å²) in [7, 11) is 0. The second-order valence-corrected chi connectivity index (χ2v) is 6.63. The predicted octanol–water partition coefficient (Wildman–Crippen LogP) is 3.65. The Labute approximate surface area is 145 Å². The van der Waals surface area contributed by atoms with E-state index in [4.69, 9.17) is 0 Å². The second kappa shape index (κ2) is 6.99. The molecule has 9 heteroatoms. The highest BCUT2D eigenvalue weighted by Gasteiger charge is 2.34. The number of benzene rings is 1. The minimum absolute atomic E-state index is 0.00422. The van der Waals surface area contributed by atoms with Gasteiger partial charge in [0.1, 0.15) is 10.7 Å². The van der Waals surface area contributed by atoms with Crippen molar-refractivity contribution in [2.45, 2.75) is 12.6 Å². The molecule has 4 nitrogen and oxygen atoms in total. The van der Waals surface area contributed by atoms with E-state index in [1.54, 1.807) is 11.0 Å². The molecule has 0 aliphatic carbocycles. The summed E-state index contributed by atoms with van der Waals surface area (Å²) in [6.07, 6.45) is -3.01. The first kappa shape index (κ1) is 17.7. The number of anilines is 1. The Balaban J connectivity index is 1.69. The maximum Gasteiger partial charge on any atom is 0.427 e. The van der Waals surface area contributed by atoms with Gasteiger partial charge in [0, 0.05) is 26.2 Å². The van der Waals surface area contributed by atoms with Crippen LogP contribution in [-0.2, 0) is 6.18 Å². The van der Waals surface area contributed by atoms with Crippen LogP contribution in [-0.4, -0.2) is 42.0 Å². The molecule has 134 valence electrons. The number of amides is 1. The third-order valence-electron chi connectivity index (χ3n) is 3.93. The summed E-state index contributed by atoms with van der Waals surface area (Å²) < 4.78 is 51.9. The lowest BCUT2D eigenvalue weighted by atomic mass is 10.2. The summed E-state index contributed by atoms with van der Waals surface area (Å²) >= 11 is 0.590. The van der Waals surface area contributed by atoms with E-state index in [1.165, 1.54) is 23.1 Å². The third-order valence-corrected chi connectivity index (χ3v) is 5.03. The van der Waals surface area contributed by atoms with Gasteiger partial charge in [-0.3, -0.25) is 4.79 Å². The SMILES string of the molecule is O=C(c1ccccc1F)N1CCCN(c2ncc(C(F)(F)F)s2)CC1. The molecule has 0 saturated carbocycles. The van der Waals surface area contributed by atoms with Crippen molar-refractivity contribution in [3.8, 4) is 0 Å². The fourth-order valence-electron chi connectivity index (χ4n) is 2.66. The van der Waals surface area contributed by atoms with Crippen molar-refractivity contribution < 1.29 is 22.4 Å². The molecule has 1 aliphatic heterocycles. The number of aromatic nitrogens is 1. The summed E-state index contributed by atoms with van der Waals surface area (Å²) in [5.41, 5.74) is 0.00422. The summed E-state index contributed by atoms with van der Waals surface area (Å²) in [6.45, 7) is 1.56. The van der Waals surface area contributed by atoms with Crippen molar-refractivity contribution in [2.24, 2.45) is 0 Å². The van der Waals surface area contributed by atoms with Gasteiger partial charge in [0.15, 0.2) is 5.13 Å². The second-order valence-electron chi connectivity index (χ2n) is 5.62. The van der Waals surface area contributed by atoms with E-state index < -0.39 is 22.8 Å². The molecule has 1 aromatic heterocycles. The summed E-state index contributed by atoms with van der Waals surface area (Å²) in [4.78, 5) is 18.8. The molecule has 0 unspecified atom stereocenters. The summed E-state index contributed by atoms with van der Waals surface area (Å²) in [5, 5.41) is 0.285. The van der Waals surface area contributed by atoms with Crippen molar-refractivity contribution >= 4 is 22.4 Å². The van der Waals surface area contributed by atoms with E-state index in [0.717, 1.165) is 6.20 Å². The molecule has 25 heavy (non-hydrogen) atoms. The molecule has 3 rings (SSSR count). The van der Waals surface area contributed by atoms with E-state index in [9.17, 15) is 22.4 Å². The summed E-state index contributed by atoms with van der Waals surface area (Å²) in [6, 6.07) is 5.76. The number of alkyl halides is 3. The third kappa shape index (κ3) is 3.92. The van der Waals surface area contributed by atoms with E-state index in [2.05, 4.69) is 4.98 Å². The first-order chi connectivity index (χ1) is 11.9. The molecule has 1 aromatic carbocycles. The minimum atomic E-state index is -4.41. The van der Waals surface area contributed by atoms with Gasteiger partial charge in [-0.1, -0.05) is 23.5 Å². The fourth-order valence-corrected chi connectivity index (χ4v) is 3.49. The van der Waals surface area contributed by atoms with Crippen LogP contribution in [0.25, 0.3) is 0 Å². The van der Waals surface area contributed by atoms with E-state index >= 15 is 0 Å². The average Bonchev–Trinajstić information content (AvgIpc) is 2.94. The smallest absolute Gasteiger partial charge is 0.346 e. The average molecular weight is 373 g/mol. The molecule has 1 saturated heterocycles. The highest BCUT2D eigenvalue weighted by Crippen LogP contribution is 2.36. The van der Waals surface area contributed by atoms with Crippen molar-refractivity contribution in [2.75, 3.05) is 31.1 Å². The molecular formula is C16H15F4N3OS. The molecule has 1 amide bonds. The first-order valence-electron chi connectivity index (χ1n) is 7.68. The Hall–Kier alpha value is -2.16. The molecule has 2 aromatic rings. The van der Waals surface area contributed by atoms with Crippen molar-refractivity contribution in [3.63, 3.8) is 0 Å². The number of nitrogens with zero attached hydrogens (tertiary/aromatic N) is 3. The molecule has 0 spiro atoms. The van der Waals surface area contributed by atoms with Gasteiger partial charge in [-0.25, -0.2) is 9.37 Å². The first-order valence-corrected chi connectivity index (χ1v) is 8.49. The molecular weight excluding hydrogens is 358 g/mol. The maximum atomic E-state index is 13.8. The number of halogens is 4. The van der Waals surface area contributed by atoms with Crippen LogP contribution in [0, 0.1) is 5.82 Å². The Morgan fingerprint density at radius 3 is 2.56 bits per heavy atom. The molecule has 2 heterocycles. The molecule has 0 bridgehead atoms. The Bertz CT molecular complexity index is 762. The van der Waals surface area contributed by atoms with Crippen LogP contribution >= 0.6 is 11.3 Å². The maximum absolute atomic E-state index is 13.8. The van der Waals surface area contributed by atoms with Crippen molar-refractivity contribution in [3.05, 3.63) is 46.7 Å². The Morgan fingerprint density at radius 2 is 1.88 bits per heavy atom. The number of hydrogen-bond donors (Lipinski definition) is 0. The minimum Gasteiger partial charge on any atom is -0.346 e. The molecule has 0 radical (unpaired) electrons. The number of thiazole rings is 1. The van der Waals surface area contributed by atoms with E-state index in [-0.39, 0.29) is 10.7 Å². The lowest BCUT2D eigenvalue weighted by Crippen LogP contribution is -2.35. The molecule has 0 atom stereocenters. The van der Waals surface area contributed by atoms with Crippen molar-refractivity contribution in [1.29, 1.82) is 0 Å². The Kier molecular flexibility index (Phi) is 4.94. The molecule has 1 aliphatic rings. The van der Waals surface area contributed by atoms with Gasteiger partial charge in [0.2, 0.25) is 0 Å². The topological polar surface area (TPSA) is 36.4 Å². The normalized spacial score (nSPS) is 16.0. The monoisotopic (exact) mass is 373 g/mol. The van der Waals surface area contributed by atoms with E-state index in [0.29, 0.717) is 43.9 Å². The van der Waals surface area contributed by atoms with Gasteiger partial charge in [-0.05, 0) is 18.6 Å². The zero-order chi connectivity index (χ0) is 18.0. The predicted molar refractivity (Wildman–Crippen MR) is 86.2 cm³/mol. The van der Waals surface area contributed by atoms with Gasteiger partial charge in [-0.15, -0.1) is 0 Å². The highest BCUT2D eigenvalue weighted by atomic mass is 32.1. The van der Waals surface area contributed by atoms with Crippen LogP contribution in [0.2, 0.25) is 0 Å². The van der Waals surface area contributed by atoms with Gasteiger partial charge < -0.3 is 9.80 Å². The quantitative estimate of drug-likeness (QED) is 0.754. The highest BCUT2D eigenvalue weighted by molar-refractivity contribution is 7.15. The number of carbonyl (C=O) groups is 1. The lowest BCUT2D eigenvalue weighted by molar-refractivity contribution is -0.134. The van der Waals surface area contributed by atoms with Crippen LogP contribution in [0.4, 0.5) is 22.7 Å². The van der Waals surface area contributed by atoms with Crippen LogP contribution in [0.15, 0.2) is 30.5 Å².